The highest BCUT2D eigenvalue weighted by atomic mass is 32.1. The minimum absolute atomic E-state index is 0.0181. The summed E-state index contributed by atoms with van der Waals surface area (Å²) in [5.41, 5.74) is 4.13. The van der Waals surface area contributed by atoms with Gasteiger partial charge in [0.2, 0.25) is 17.7 Å². The summed E-state index contributed by atoms with van der Waals surface area (Å²) >= 11 is 1.58. The summed E-state index contributed by atoms with van der Waals surface area (Å²) in [4.78, 5) is 58.4. The molecule has 1 aromatic heterocycles. The van der Waals surface area contributed by atoms with Crippen molar-refractivity contribution in [3.05, 3.63) is 41.0 Å². The molecule has 11 heteroatoms. The monoisotopic (exact) mass is 626 g/mol. The SMILES string of the molecule is Cc1ncsc1-c1ccc(C(C)NC(=O)[C@@H]2C[C@@H](O)CN2C(=O)C(NC(=O)CC2CCC(CC(=O)O)CC2)C(C)(C)C)cc1. The van der Waals surface area contributed by atoms with Gasteiger partial charge in [-0.15, -0.1) is 11.3 Å². The van der Waals surface area contributed by atoms with Crippen LogP contribution in [0.2, 0.25) is 0 Å². The first-order chi connectivity index (χ1) is 20.7. The number of aromatic nitrogens is 1. The number of likely N-dealkylation sites (tertiary alicyclic amines) is 1. The number of carboxylic acids is 1. The molecule has 1 aliphatic carbocycles. The number of aryl methyl sites for hydroxylation is 1. The van der Waals surface area contributed by atoms with Gasteiger partial charge in [-0.25, -0.2) is 4.98 Å². The van der Waals surface area contributed by atoms with E-state index in [2.05, 4.69) is 15.6 Å². The normalized spacial score (nSPS) is 23.5. The summed E-state index contributed by atoms with van der Waals surface area (Å²) < 4.78 is 0. The maximum absolute atomic E-state index is 13.9. The fourth-order valence-electron chi connectivity index (χ4n) is 6.38. The van der Waals surface area contributed by atoms with Crippen LogP contribution in [0, 0.1) is 24.2 Å². The largest absolute Gasteiger partial charge is 0.481 e. The number of hydrogen-bond donors (Lipinski definition) is 4. The van der Waals surface area contributed by atoms with Crippen molar-refractivity contribution in [2.24, 2.45) is 17.3 Å². The molecule has 0 radical (unpaired) electrons. The van der Waals surface area contributed by atoms with E-state index >= 15 is 0 Å². The van der Waals surface area contributed by atoms with Crippen molar-refractivity contribution in [3.63, 3.8) is 0 Å². The summed E-state index contributed by atoms with van der Waals surface area (Å²) in [7, 11) is 0. The first-order valence-electron chi connectivity index (χ1n) is 15.5. The number of nitrogens with zero attached hydrogens (tertiary/aromatic N) is 2. The molecule has 2 heterocycles. The molecule has 3 amide bonds. The highest BCUT2D eigenvalue weighted by Gasteiger charge is 2.44. The van der Waals surface area contributed by atoms with Crippen LogP contribution < -0.4 is 10.6 Å². The molecule has 1 aromatic carbocycles. The molecular weight excluding hydrogens is 580 g/mol. The molecule has 1 saturated carbocycles. The molecule has 0 bridgehead atoms. The topological polar surface area (TPSA) is 149 Å². The molecule has 4 atom stereocenters. The third-order valence-corrected chi connectivity index (χ3v) is 9.94. The van der Waals surface area contributed by atoms with Crippen molar-refractivity contribution in [1.82, 2.24) is 20.5 Å². The molecule has 240 valence electrons. The predicted molar refractivity (Wildman–Crippen MR) is 169 cm³/mol. The number of aliphatic hydroxyl groups is 1. The summed E-state index contributed by atoms with van der Waals surface area (Å²) in [5, 5.41) is 25.5. The zero-order chi connectivity index (χ0) is 32.2. The van der Waals surface area contributed by atoms with Crippen LogP contribution in [0.3, 0.4) is 0 Å². The molecule has 2 aromatic rings. The van der Waals surface area contributed by atoms with Crippen molar-refractivity contribution in [2.45, 2.75) is 104 Å². The van der Waals surface area contributed by atoms with Gasteiger partial charge in [-0.1, -0.05) is 45.0 Å². The average Bonchev–Trinajstić information content (AvgIpc) is 3.57. The number of benzene rings is 1. The second-order valence-electron chi connectivity index (χ2n) is 13.6. The number of thiazole rings is 1. The quantitative estimate of drug-likeness (QED) is 0.304. The second kappa shape index (κ2) is 14.2. The Bertz CT molecular complexity index is 1330. The number of hydrogen-bond acceptors (Lipinski definition) is 7. The van der Waals surface area contributed by atoms with E-state index in [1.807, 2.05) is 64.4 Å². The van der Waals surface area contributed by atoms with E-state index in [1.165, 1.54) is 4.90 Å². The van der Waals surface area contributed by atoms with Crippen molar-refractivity contribution in [1.29, 1.82) is 0 Å². The Balaban J connectivity index is 1.38. The van der Waals surface area contributed by atoms with Gasteiger partial charge in [-0.05, 0) is 67.9 Å². The Morgan fingerprint density at radius 2 is 1.64 bits per heavy atom. The van der Waals surface area contributed by atoms with Crippen molar-refractivity contribution < 1.29 is 29.4 Å². The van der Waals surface area contributed by atoms with Gasteiger partial charge in [0.25, 0.3) is 0 Å². The lowest BCUT2D eigenvalue weighted by atomic mass is 9.79. The highest BCUT2D eigenvalue weighted by molar-refractivity contribution is 7.13. The van der Waals surface area contributed by atoms with E-state index in [0.29, 0.717) is 0 Å². The fourth-order valence-corrected chi connectivity index (χ4v) is 7.20. The Labute approximate surface area is 263 Å². The summed E-state index contributed by atoms with van der Waals surface area (Å²) in [6.45, 7) is 9.48. The molecular formula is C33H46N4O6S. The Kier molecular flexibility index (Phi) is 10.8. The molecule has 4 rings (SSSR count). The lowest BCUT2D eigenvalue weighted by Gasteiger charge is -2.36. The molecule has 2 aliphatic rings. The maximum atomic E-state index is 13.9. The van der Waals surface area contributed by atoms with Crippen LogP contribution in [0.25, 0.3) is 10.4 Å². The molecule has 1 saturated heterocycles. The molecule has 0 spiro atoms. The molecule has 4 N–H and O–H groups in total. The number of carboxylic acid groups (broad SMARTS) is 1. The van der Waals surface area contributed by atoms with Gasteiger partial charge in [0, 0.05) is 25.8 Å². The minimum atomic E-state index is -0.876. The van der Waals surface area contributed by atoms with Gasteiger partial charge in [-0.3, -0.25) is 19.2 Å². The number of β-amino-alcohol motifs (C(OH)–C–C–N with tert-alkyl or cyclic N) is 1. The first kappa shape index (κ1) is 33.6. The minimum Gasteiger partial charge on any atom is -0.481 e. The average molecular weight is 627 g/mol. The van der Waals surface area contributed by atoms with Gasteiger partial charge in [-0.2, -0.15) is 0 Å². The van der Waals surface area contributed by atoms with Crippen LogP contribution in [0.4, 0.5) is 0 Å². The number of aliphatic carboxylic acids is 1. The lowest BCUT2D eigenvalue weighted by Crippen LogP contribution is -2.58. The number of carbonyl (C=O) groups excluding carboxylic acids is 3. The lowest BCUT2D eigenvalue weighted by molar-refractivity contribution is -0.144. The third-order valence-electron chi connectivity index (χ3n) is 8.96. The first-order valence-corrected chi connectivity index (χ1v) is 16.4. The van der Waals surface area contributed by atoms with E-state index in [1.54, 1.807) is 11.3 Å². The van der Waals surface area contributed by atoms with Crippen LogP contribution in [0.1, 0.15) is 89.9 Å². The van der Waals surface area contributed by atoms with E-state index in [-0.39, 0.29) is 61.4 Å². The predicted octanol–water partition coefficient (Wildman–Crippen LogP) is 4.46. The summed E-state index contributed by atoms with van der Waals surface area (Å²) in [5.74, 6) is -1.46. The number of aliphatic hydroxyl groups excluding tert-OH is 1. The van der Waals surface area contributed by atoms with Crippen LogP contribution in [-0.2, 0) is 19.2 Å². The third kappa shape index (κ3) is 8.44. The van der Waals surface area contributed by atoms with E-state index in [9.17, 15) is 24.3 Å². The van der Waals surface area contributed by atoms with Crippen molar-refractivity contribution in [2.75, 3.05) is 6.54 Å². The standard InChI is InChI=1S/C33H46N4O6S/c1-19(23-10-12-24(13-11-23)29-20(2)34-18-44-29)35-31(42)26-16-25(38)17-37(26)32(43)30(33(3,4)5)36-27(39)14-21-6-8-22(9-7-21)15-28(40)41/h10-13,18-19,21-22,25-26,30,38H,6-9,14-17H2,1-5H3,(H,35,42)(H,36,39)(H,40,41)/t19?,21?,22?,25-,26+,30?/m1/s1. The number of rotatable bonds is 10. The van der Waals surface area contributed by atoms with E-state index in [0.717, 1.165) is 47.4 Å². The van der Waals surface area contributed by atoms with E-state index < -0.39 is 29.6 Å². The summed E-state index contributed by atoms with van der Waals surface area (Å²) in [6.07, 6.45) is 2.84. The van der Waals surface area contributed by atoms with Crippen LogP contribution in [0.5, 0.6) is 0 Å². The smallest absolute Gasteiger partial charge is 0.303 e. The molecule has 2 unspecified atom stereocenters. The zero-order valence-corrected chi connectivity index (χ0v) is 27.2. The van der Waals surface area contributed by atoms with E-state index in [4.69, 9.17) is 5.11 Å². The van der Waals surface area contributed by atoms with Crippen LogP contribution >= 0.6 is 11.3 Å². The summed E-state index contributed by atoms with van der Waals surface area (Å²) in [6, 6.07) is 5.89. The molecule has 44 heavy (non-hydrogen) atoms. The molecule has 1 aliphatic heterocycles. The Hall–Kier alpha value is -3.31. The zero-order valence-electron chi connectivity index (χ0n) is 26.3. The molecule has 2 fully saturated rings. The maximum Gasteiger partial charge on any atom is 0.303 e. The molecule has 10 nitrogen and oxygen atoms in total. The number of carbonyl (C=O) groups is 4. The second-order valence-corrected chi connectivity index (χ2v) is 14.4. The van der Waals surface area contributed by atoms with Gasteiger partial charge < -0.3 is 25.7 Å². The van der Waals surface area contributed by atoms with Crippen LogP contribution in [-0.4, -0.2) is 68.5 Å². The van der Waals surface area contributed by atoms with Gasteiger partial charge in [0.1, 0.15) is 12.1 Å². The van der Waals surface area contributed by atoms with Crippen LogP contribution in [0.15, 0.2) is 29.8 Å². The Morgan fingerprint density at radius 1 is 1.02 bits per heavy atom. The highest BCUT2D eigenvalue weighted by Crippen LogP contribution is 2.33. The fraction of sp³-hybridized carbons (Fsp3) is 0.606. The number of amides is 3. The number of nitrogens with one attached hydrogen (secondary N) is 2. The van der Waals surface area contributed by atoms with Gasteiger partial charge >= 0.3 is 5.97 Å². The van der Waals surface area contributed by atoms with Crippen molar-refractivity contribution >= 4 is 35.0 Å². The van der Waals surface area contributed by atoms with Crippen molar-refractivity contribution in [3.8, 4) is 10.4 Å². The van der Waals surface area contributed by atoms with Gasteiger partial charge in [0.05, 0.1) is 28.2 Å². The Morgan fingerprint density at radius 3 is 2.18 bits per heavy atom. The van der Waals surface area contributed by atoms with Gasteiger partial charge in [0.15, 0.2) is 0 Å².